The standard InChI is InChI=1S/C35H37BrO3/c1-21(37)39-32-29(33(2,3)4)19-23(20-30(32)34(5,6)7)22-14-15-25-26(16-17-35(8,9)38)24-12-10-11-13-27(24)31(36)28(25)18-22/h10-15,18-20,38H,1-9H3. The number of aliphatic hydroxyl groups is 1. The molecule has 0 aromatic heterocycles. The zero-order valence-corrected chi connectivity index (χ0v) is 25.9. The van der Waals surface area contributed by atoms with Crippen molar-refractivity contribution in [2.24, 2.45) is 0 Å². The van der Waals surface area contributed by atoms with Gasteiger partial charge in [-0.05, 0) is 91.5 Å². The minimum absolute atomic E-state index is 0.242. The molecule has 4 aromatic rings. The zero-order chi connectivity index (χ0) is 28.9. The van der Waals surface area contributed by atoms with Crippen molar-refractivity contribution in [1.29, 1.82) is 0 Å². The van der Waals surface area contributed by atoms with E-state index in [4.69, 9.17) is 4.74 Å². The maximum absolute atomic E-state index is 12.1. The van der Waals surface area contributed by atoms with Gasteiger partial charge in [0.2, 0.25) is 0 Å². The number of rotatable bonds is 2. The lowest BCUT2D eigenvalue weighted by Gasteiger charge is -2.30. The summed E-state index contributed by atoms with van der Waals surface area (Å²) < 4.78 is 6.85. The quantitative estimate of drug-likeness (QED) is 0.111. The second-order valence-electron chi connectivity index (χ2n) is 12.8. The average Bonchev–Trinajstić information content (AvgIpc) is 2.81. The van der Waals surface area contributed by atoms with Crippen molar-refractivity contribution >= 4 is 43.4 Å². The first kappa shape index (κ1) is 28.9. The fraction of sp³-hybridized carbons (Fsp3) is 0.343. The summed E-state index contributed by atoms with van der Waals surface area (Å²) in [7, 11) is 0. The third-order valence-corrected chi connectivity index (χ3v) is 7.59. The SMILES string of the molecule is CC(=O)Oc1c(C(C)(C)C)cc(-c2ccc3c(C#CC(C)(C)O)c4ccccc4c(Br)c3c2)cc1C(C)(C)C. The van der Waals surface area contributed by atoms with Crippen LogP contribution < -0.4 is 4.74 Å². The molecule has 1 N–H and O–H groups in total. The Morgan fingerprint density at radius 1 is 0.769 bits per heavy atom. The largest absolute Gasteiger partial charge is 0.426 e. The number of hydrogen-bond donors (Lipinski definition) is 1. The molecular formula is C35H37BrO3. The van der Waals surface area contributed by atoms with Crippen molar-refractivity contribution < 1.29 is 14.6 Å². The molecule has 202 valence electrons. The van der Waals surface area contributed by atoms with E-state index in [-0.39, 0.29) is 16.8 Å². The molecule has 4 rings (SSSR count). The number of halogens is 1. The molecule has 0 amide bonds. The molecule has 0 heterocycles. The molecule has 4 heteroatoms. The molecule has 4 aromatic carbocycles. The Morgan fingerprint density at radius 3 is 1.82 bits per heavy atom. The highest BCUT2D eigenvalue weighted by molar-refractivity contribution is 9.10. The van der Waals surface area contributed by atoms with Gasteiger partial charge in [0.05, 0.1) is 0 Å². The third-order valence-electron chi connectivity index (χ3n) is 6.74. The number of benzene rings is 4. The van der Waals surface area contributed by atoms with Gasteiger partial charge < -0.3 is 9.84 Å². The second-order valence-corrected chi connectivity index (χ2v) is 13.6. The molecule has 0 fully saturated rings. The number of fused-ring (bicyclic) bond motifs is 2. The van der Waals surface area contributed by atoms with Crippen molar-refractivity contribution in [2.75, 3.05) is 0 Å². The van der Waals surface area contributed by atoms with Crippen LogP contribution >= 0.6 is 15.9 Å². The highest BCUT2D eigenvalue weighted by Gasteiger charge is 2.29. The van der Waals surface area contributed by atoms with E-state index >= 15 is 0 Å². The lowest BCUT2D eigenvalue weighted by molar-refractivity contribution is -0.132. The molecule has 0 radical (unpaired) electrons. The highest BCUT2D eigenvalue weighted by atomic mass is 79.9. The van der Waals surface area contributed by atoms with Crippen molar-refractivity contribution in [3.05, 3.63) is 75.8 Å². The summed E-state index contributed by atoms with van der Waals surface area (Å²) in [6.07, 6.45) is 0. The molecule has 0 bridgehead atoms. The summed E-state index contributed by atoms with van der Waals surface area (Å²) in [5.41, 5.74) is 3.42. The number of ether oxygens (including phenoxy) is 1. The third kappa shape index (κ3) is 6.06. The van der Waals surface area contributed by atoms with E-state index in [0.717, 1.165) is 53.8 Å². The zero-order valence-electron chi connectivity index (χ0n) is 24.3. The highest BCUT2D eigenvalue weighted by Crippen LogP contribution is 2.44. The monoisotopic (exact) mass is 584 g/mol. The molecule has 39 heavy (non-hydrogen) atoms. The van der Waals surface area contributed by atoms with Crippen molar-refractivity contribution in [3.63, 3.8) is 0 Å². The Kier molecular flexibility index (Phi) is 7.49. The Hall–Kier alpha value is -3.13. The summed E-state index contributed by atoms with van der Waals surface area (Å²) in [6.45, 7) is 17.7. The van der Waals surface area contributed by atoms with Crippen molar-refractivity contribution in [2.45, 2.75) is 78.7 Å². The summed E-state index contributed by atoms with van der Waals surface area (Å²) in [5, 5.41) is 14.5. The predicted molar refractivity (Wildman–Crippen MR) is 166 cm³/mol. The van der Waals surface area contributed by atoms with Gasteiger partial charge in [0.25, 0.3) is 0 Å². The van der Waals surface area contributed by atoms with Crippen LogP contribution in [0.3, 0.4) is 0 Å². The lowest BCUT2D eigenvalue weighted by Crippen LogP contribution is -2.21. The van der Waals surface area contributed by atoms with Crippen LogP contribution in [0.4, 0.5) is 0 Å². The number of hydrogen-bond acceptors (Lipinski definition) is 3. The van der Waals surface area contributed by atoms with E-state index in [0.29, 0.717) is 5.75 Å². The molecule has 0 saturated carbocycles. The molecule has 0 atom stereocenters. The molecule has 0 spiro atoms. The molecule has 0 unspecified atom stereocenters. The van der Waals surface area contributed by atoms with Gasteiger partial charge in [0.1, 0.15) is 11.4 Å². The maximum Gasteiger partial charge on any atom is 0.308 e. The van der Waals surface area contributed by atoms with Crippen LogP contribution in [0, 0.1) is 11.8 Å². The first-order chi connectivity index (χ1) is 18.0. The number of esters is 1. The number of carbonyl (C=O) groups is 1. The van der Waals surface area contributed by atoms with Crippen LogP contribution in [0.25, 0.3) is 32.7 Å². The van der Waals surface area contributed by atoms with Crippen LogP contribution in [0.1, 0.15) is 79.0 Å². The predicted octanol–water partition coefficient (Wildman–Crippen LogP) is 9.07. The van der Waals surface area contributed by atoms with Crippen LogP contribution in [0.15, 0.2) is 59.1 Å². The topological polar surface area (TPSA) is 46.5 Å². The Balaban J connectivity index is 2.07. The van der Waals surface area contributed by atoms with E-state index in [2.05, 4.69) is 112 Å². The summed E-state index contributed by atoms with van der Waals surface area (Å²) in [5.74, 6) is 6.61. The van der Waals surface area contributed by atoms with Gasteiger partial charge >= 0.3 is 5.97 Å². The maximum atomic E-state index is 12.1. The average molecular weight is 586 g/mol. The first-order valence-corrected chi connectivity index (χ1v) is 14.0. The van der Waals surface area contributed by atoms with Crippen LogP contribution in [0.2, 0.25) is 0 Å². The Morgan fingerprint density at radius 2 is 1.31 bits per heavy atom. The molecule has 0 saturated heterocycles. The van der Waals surface area contributed by atoms with Crippen molar-refractivity contribution in [1.82, 2.24) is 0 Å². The molecule has 0 aliphatic heterocycles. The van der Waals surface area contributed by atoms with E-state index in [1.165, 1.54) is 6.92 Å². The van der Waals surface area contributed by atoms with E-state index in [9.17, 15) is 9.90 Å². The first-order valence-electron chi connectivity index (χ1n) is 13.2. The summed E-state index contributed by atoms with van der Waals surface area (Å²) in [6, 6.07) is 18.9. The fourth-order valence-corrected chi connectivity index (χ4v) is 5.49. The molecular weight excluding hydrogens is 548 g/mol. The van der Waals surface area contributed by atoms with E-state index in [1.54, 1.807) is 13.8 Å². The van der Waals surface area contributed by atoms with Gasteiger partial charge in [-0.15, -0.1) is 0 Å². The Labute approximate surface area is 240 Å². The molecule has 0 aliphatic carbocycles. The van der Waals surface area contributed by atoms with Gasteiger partial charge in [0.15, 0.2) is 0 Å². The smallest absolute Gasteiger partial charge is 0.308 e. The fourth-order valence-electron chi connectivity index (χ4n) is 4.82. The van der Waals surface area contributed by atoms with Gasteiger partial charge in [-0.1, -0.05) is 89.8 Å². The normalized spacial score (nSPS) is 12.4. The Bertz CT molecular complexity index is 1630. The van der Waals surface area contributed by atoms with Crippen LogP contribution in [-0.4, -0.2) is 16.7 Å². The van der Waals surface area contributed by atoms with Crippen LogP contribution in [0.5, 0.6) is 5.75 Å². The lowest BCUT2D eigenvalue weighted by atomic mass is 9.77. The minimum Gasteiger partial charge on any atom is -0.426 e. The van der Waals surface area contributed by atoms with Crippen molar-refractivity contribution in [3.8, 4) is 28.7 Å². The molecule has 0 aliphatic rings. The van der Waals surface area contributed by atoms with Gasteiger partial charge in [-0.25, -0.2) is 0 Å². The number of carbonyl (C=O) groups excluding carboxylic acids is 1. The van der Waals surface area contributed by atoms with Crippen LogP contribution in [-0.2, 0) is 15.6 Å². The summed E-state index contributed by atoms with van der Waals surface area (Å²) >= 11 is 3.89. The van der Waals surface area contributed by atoms with Gasteiger partial charge in [-0.2, -0.15) is 0 Å². The van der Waals surface area contributed by atoms with E-state index < -0.39 is 5.60 Å². The minimum atomic E-state index is -1.10. The van der Waals surface area contributed by atoms with E-state index in [1.807, 2.05) is 12.1 Å². The molecule has 3 nitrogen and oxygen atoms in total. The van der Waals surface area contributed by atoms with Gasteiger partial charge in [0, 0.05) is 28.1 Å². The summed E-state index contributed by atoms with van der Waals surface area (Å²) in [4.78, 5) is 12.1. The second kappa shape index (κ2) is 10.1. The van der Waals surface area contributed by atoms with Gasteiger partial charge in [-0.3, -0.25) is 4.79 Å².